The molecule has 0 radical (unpaired) electrons. The van der Waals surface area contributed by atoms with Crippen LogP contribution in [-0.4, -0.2) is 58.1 Å². The lowest BCUT2D eigenvalue weighted by atomic mass is 10.1. The molecule has 0 aromatic heterocycles. The van der Waals surface area contributed by atoms with Crippen molar-refractivity contribution in [1.29, 1.82) is 0 Å². The molecule has 0 bridgehead atoms. The van der Waals surface area contributed by atoms with Crippen molar-refractivity contribution in [2.75, 3.05) is 33.4 Å². The minimum atomic E-state index is -3.74. The van der Waals surface area contributed by atoms with Crippen LogP contribution in [0.4, 0.5) is 0 Å². The van der Waals surface area contributed by atoms with Crippen LogP contribution in [0.25, 0.3) is 0 Å². The van der Waals surface area contributed by atoms with Crippen molar-refractivity contribution in [2.24, 2.45) is 0 Å². The third-order valence-electron chi connectivity index (χ3n) is 4.70. The van der Waals surface area contributed by atoms with Gasteiger partial charge >= 0.3 is 0 Å². The largest absolute Gasteiger partial charge is 0.495 e. The summed E-state index contributed by atoms with van der Waals surface area (Å²) in [7, 11) is -2.32. The van der Waals surface area contributed by atoms with Gasteiger partial charge in [-0.1, -0.05) is 12.8 Å². The second-order valence-electron chi connectivity index (χ2n) is 6.34. The summed E-state index contributed by atoms with van der Waals surface area (Å²) in [6.07, 6.45) is 4.18. The van der Waals surface area contributed by atoms with E-state index in [1.165, 1.54) is 23.5 Å². The van der Waals surface area contributed by atoms with Crippen LogP contribution in [0.15, 0.2) is 23.1 Å². The number of rotatable bonds is 5. The van der Waals surface area contributed by atoms with Crippen LogP contribution in [0.3, 0.4) is 0 Å². The number of nitrogens with one attached hydrogen (secondary N) is 1. The molecule has 1 N–H and O–H groups in total. The molecule has 1 aliphatic carbocycles. The summed E-state index contributed by atoms with van der Waals surface area (Å²) in [5, 5.41) is 2.98. The number of ether oxygens (including phenoxy) is 2. The molecule has 1 saturated carbocycles. The van der Waals surface area contributed by atoms with E-state index >= 15 is 0 Å². The normalized spacial score (nSPS) is 19.7. The lowest BCUT2D eigenvalue weighted by molar-refractivity contribution is 0.0729. The number of sulfonamides is 1. The van der Waals surface area contributed by atoms with Crippen molar-refractivity contribution in [1.82, 2.24) is 9.62 Å². The minimum Gasteiger partial charge on any atom is -0.495 e. The Morgan fingerprint density at radius 2 is 1.92 bits per heavy atom. The summed E-state index contributed by atoms with van der Waals surface area (Å²) in [6, 6.07) is 4.72. The SMILES string of the molecule is COc1ccc(C(=O)NC2CCCC2)cc1S(=O)(=O)N1CCOCC1. The Kier molecular flexibility index (Phi) is 5.61. The zero-order valence-corrected chi connectivity index (χ0v) is 15.2. The van der Waals surface area contributed by atoms with Crippen LogP contribution in [0.5, 0.6) is 5.75 Å². The molecule has 8 heteroatoms. The number of hydrogen-bond donors (Lipinski definition) is 1. The molecule has 138 valence electrons. The van der Waals surface area contributed by atoms with Gasteiger partial charge in [-0.25, -0.2) is 8.42 Å². The van der Waals surface area contributed by atoms with E-state index < -0.39 is 10.0 Å². The fourth-order valence-corrected chi connectivity index (χ4v) is 4.87. The van der Waals surface area contributed by atoms with Crippen LogP contribution in [0.1, 0.15) is 36.0 Å². The van der Waals surface area contributed by atoms with E-state index in [-0.39, 0.29) is 22.6 Å². The Hall–Kier alpha value is -1.64. The maximum atomic E-state index is 12.9. The molecule has 0 spiro atoms. The second-order valence-corrected chi connectivity index (χ2v) is 8.24. The number of nitrogens with zero attached hydrogens (tertiary/aromatic N) is 1. The Bertz CT molecular complexity index is 723. The Morgan fingerprint density at radius 3 is 2.56 bits per heavy atom. The molecule has 7 nitrogen and oxygen atoms in total. The third-order valence-corrected chi connectivity index (χ3v) is 6.62. The van der Waals surface area contributed by atoms with Gasteiger partial charge in [-0.3, -0.25) is 4.79 Å². The van der Waals surface area contributed by atoms with E-state index in [1.54, 1.807) is 6.07 Å². The van der Waals surface area contributed by atoms with Crippen molar-refractivity contribution < 1.29 is 22.7 Å². The summed E-state index contributed by atoms with van der Waals surface area (Å²) in [5.74, 6) is -0.00288. The van der Waals surface area contributed by atoms with Gasteiger partial charge in [0, 0.05) is 24.7 Å². The molecule has 1 aromatic rings. The molecular weight excluding hydrogens is 344 g/mol. The fourth-order valence-electron chi connectivity index (χ4n) is 3.28. The van der Waals surface area contributed by atoms with Gasteiger partial charge in [-0.05, 0) is 31.0 Å². The van der Waals surface area contributed by atoms with E-state index in [4.69, 9.17) is 9.47 Å². The first-order chi connectivity index (χ1) is 12.0. The topological polar surface area (TPSA) is 84.9 Å². The number of benzene rings is 1. The lowest BCUT2D eigenvalue weighted by Gasteiger charge is -2.26. The van der Waals surface area contributed by atoms with Crippen LogP contribution < -0.4 is 10.1 Å². The van der Waals surface area contributed by atoms with E-state index in [0.29, 0.717) is 31.9 Å². The summed E-state index contributed by atoms with van der Waals surface area (Å²) in [6.45, 7) is 1.32. The second kappa shape index (κ2) is 7.72. The van der Waals surface area contributed by atoms with Gasteiger partial charge in [-0.15, -0.1) is 0 Å². The van der Waals surface area contributed by atoms with Gasteiger partial charge in [0.15, 0.2) is 0 Å². The van der Waals surface area contributed by atoms with Crippen LogP contribution >= 0.6 is 0 Å². The minimum absolute atomic E-state index is 0.0240. The fraction of sp³-hybridized carbons (Fsp3) is 0.588. The first-order valence-corrected chi connectivity index (χ1v) is 10.0. The van der Waals surface area contributed by atoms with E-state index in [9.17, 15) is 13.2 Å². The summed E-state index contributed by atoms with van der Waals surface area (Å²) in [5.41, 5.74) is 0.333. The van der Waals surface area contributed by atoms with Crippen molar-refractivity contribution in [3.63, 3.8) is 0 Å². The number of methoxy groups -OCH3 is 1. The predicted octanol–water partition coefficient (Wildman–Crippen LogP) is 1.39. The average molecular weight is 368 g/mol. The Balaban J connectivity index is 1.87. The smallest absolute Gasteiger partial charge is 0.251 e. The van der Waals surface area contributed by atoms with Crippen LogP contribution in [-0.2, 0) is 14.8 Å². The molecular formula is C17H24N2O5S. The molecule has 0 unspecified atom stereocenters. The third kappa shape index (κ3) is 3.96. The first-order valence-electron chi connectivity index (χ1n) is 8.59. The quantitative estimate of drug-likeness (QED) is 0.849. The maximum Gasteiger partial charge on any atom is 0.251 e. The lowest BCUT2D eigenvalue weighted by Crippen LogP contribution is -2.40. The van der Waals surface area contributed by atoms with Gasteiger partial charge in [-0.2, -0.15) is 4.31 Å². The van der Waals surface area contributed by atoms with Crippen molar-refractivity contribution in [2.45, 2.75) is 36.6 Å². The van der Waals surface area contributed by atoms with Crippen LogP contribution in [0, 0.1) is 0 Å². The summed E-state index contributed by atoms with van der Waals surface area (Å²) >= 11 is 0. The zero-order valence-electron chi connectivity index (χ0n) is 14.4. The number of morpholine rings is 1. The number of amides is 1. The highest BCUT2D eigenvalue weighted by atomic mass is 32.2. The molecule has 1 amide bonds. The molecule has 1 aliphatic heterocycles. The summed E-state index contributed by atoms with van der Waals surface area (Å²) in [4.78, 5) is 12.5. The highest BCUT2D eigenvalue weighted by molar-refractivity contribution is 7.89. The average Bonchev–Trinajstić information content (AvgIpc) is 3.15. The molecule has 2 aliphatic rings. The maximum absolute atomic E-state index is 12.9. The molecule has 0 atom stereocenters. The number of hydrogen-bond acceptors (Lipinski definition) is 5. The van der Waals surface area contributed by atoms with Gasteiger partial charge in [0.05, 0.1) is 20.3 Å². The molecule has 1 saturated heterocycles. The van der Waals surface area contributed by atoms with E-state index in [2.05, 4.69) is 5.32 Å². The Labute approximate surface area is 148 Å². The van der Waals surface area contributed by atoms with Gasteiger partial charge in [0.2, 0.25) is 10.0 Å². The Morgan fingerprint density at radius 1 is 1.24 bits per heavy atom. The molecule has 1 heterocycles. The van der Waals surface area contributed by atoms with Gasteiger partial charge in [0.25, 0.3) is 5.91 Å². The van der Waals surface area contributed by atoms with Crippen LogP contribution in [0.2, 0.25) is 0 Å². The van der Waals surface area contributed by atoms with E-state index in [0.717, 1.165) is 25.7 Å². The molecule has 2 fully saturated rings. The van der Waals surface area contributed by atoms with Crippen molar-refractivity contribution >= 4 is 15.9 Å². The standard InChI is InChI=1S/C17H24N2O5S/c1-23-15-7-6-13(17(20)18-14-4-2-3-5-14)12-16(15)25(21,22)19-8-10-24-11-9-19/h6-7,12,14H,2-5,8-11H2,1H3,(H,18,20). The highest BCUT2D eigenvalue weighted by Gasteiger charge is 2.30. The monoisotopic (exact) mass is 368 g/mol. The molecule has 1 aromatic carbocycles. The van der Waals surface area contributed by atoms with Crippen molar-refractivity contribution in [3.05, 3.63) is 23.8 Å². The van der Waals surface area contributed by atoms with Crippen molar-refractivity contribution in [3.8, 4) is 5.75 Å². The molecule has 3 rings (SSSR count). The van der Waals surface area contributed by atoms with Gasteiger partial charge in [0.1, 0.15) is 10.6 Å². The number of carbonyl (C=O) groups is 1. The molecule has 25 heavy (non-hydrogen) atoms. The summed E-state index contributed by atoms with van der Waals surface area (Å²) < 4.78 is 37.7. The number of carbonyl (C=O) groups excluding carboxylic acids is 1. The first kappa shape index (κ1) is 18.2. The highest BCUT2D eigenvalue weighted by Crippen LogP contribution is 2.28. The predicted molar refractivity (Wildman–Crippen MR) is 92.3 cm³/mol. The van der Waals surface area contributed by atoms with Gasteiger partial charge < -0.3 is 14.8 Å². The van der Waals surface area contributed by atoms with E-state index in [1.807, 2.05) is 0 Å². The zero-order chi connectivity index (χ0) is 17.9.